The van der Waals surface area contributed by atoms with Gasteiger partial charge in [0.15, 0.2) is 23.3 Å². The van der Waals surface area contributed by atoms with E-state index in [4.69, 9.17) is 0 Å². The number of pyridine rings is 1. The van der Waals surface area contributed by atoms with Crippen molar-refractivity contribution in [3.8, 4) is 28.8 Å². The SMILES string of the molecule is CC#Cc1cnc(-c2cc(F)c(C(F)(F)Oc3cc(F)c(F)c(F)c3)c(F)c2)c(F)c1. The normalized spacial score (nSPS) is 11.1. The van der Waals surface area contributed by atoms with Crippen LogP contribution in [-0.4, -0.2) is 4.98 Å². The average Bonchev–Trinajstić information content (AvgIpc) is 2.65. The molecule has 0 atom stereocenters. The highest BCUT2D eigenvalue weighted by Gasteiger charge is 2.41. The zero-order valence-electron chi connectivity index (χ0n) is 15.3. The molecule has 0 fully saturated rings. The fraction of sp³-hybridized carbons (Fsp3) is 0.0952. The Hall–Kier alpha value is -3.61. The molecule has 31 heavy (non-hydrogen) atoms. The number of aromatic nitrogens is 1. The summed E-state index contributed by atoms with van der Waals surface area (Å²) in [6, 6.07) is 1.88. The number of nitrogens with zero attached hydrogens (tertiary/aromatic N) is 1. The standard InChI is InChI=1S/C21H9F8NO/c1-2-3-10-4-17(26)20(30-9-10)11-5-13(22)18(14(23)6-11)21(28,29)31-12-7-15(24)19(27)16(25)8-12/h4-9H,1H3. The highest BCUT2D eigenvalue weighted by Crippen LogP contribution is 2.37. The van der Waals surface area contributed by atoms with Crippen molar-refractivity contribution in [2.75, 3.05) is 0 Å². The third-order valence-corrected chi connectivity index (χ3v) is 3.92. The van der Waals surface area contributed by atoms with Crippen molar-refractivity contribution >= 4 is 0 Å². The first-order valence-electron chi connectivity index (χ1n) is 8.33. The van der Waals surface area contributed by atoms with E-state index in [1.54, 1.807) is 0 Å². The minimum Gasteiger partial charge on any atom is -0.429 e. The first-order chi connectivity index (χ1) is 14.5. The summed E-state index contributed by atoms with van der Waals surface area (Å²) in [6.07, 6.45) is -3.63. The van der Waals surface area contributed by atoms with E-state index in [1.807, 2.05) is 0 Å². The summed E-state index contributed by atoms with van der Waals surface area (Å²) < 4.78 is 115. The van der Waals surface area contributed by atoms with Crippen molar-refractivity contribution in [2.24, 2.45) is 0 Å². The van der Waals surface area contributed by atoms with Gasteiger partial charge in [-0.3, -0.25) is 4.98 Å². The fourth-order valence-corrected chi connectivity index (χ4v) is 2.64. The van der Waals surface area contributed by atoms with E-state index in [0.29, 0.717) is 12.1 Å². The van der Waals surface area contributed by atoms with Crippen molar-refractivity contribution in [3.05, 3.63) is 82.6 Å². The smallest absolute Gasteiger partial charge is 0.429 e. The second-order valence-electron chi connectivity index (χ2n) is 6.06. The molecule has 160 valence electrons. The van der Waals surface area contributed by atoms with Crippen molar-refractivity contribution in [1.29, 1.82) is 0 Å². The number of rotatable bonds is 4. The van der Waals surface area contributed by atoms with Crippen LogP contribution >= 0.6 is 0 Å². The molecular formula is C21H9F8NO. The van der Waals surface area contributed by atoms with E-state index in [-0.39, 0.29) is 17.7 Å². The van der Waals surface area contributed by atoms with E-state index in [1.165, 1.54) is 6.92 Å². The van der Waals surface area contributed by atoms with Gasteiger partial charge in [-0.1, -0.05) is 5.92 Å². The summed E-state index contributed by atoms with van der Waals surface area (Å²) >= 11 is 0. The van der Waals surface area contributed by atoms with Crippen LogP contribution in [0.4, 0.5) is 35.1 Å². The number of benzene rings is 2. The van der Waals surface area contributed by atoms with Crippen molar-refractivity contribution < 1.29 is 39.9 Å². The highest BCUT2D eigenvalue weighted by atomic mass is 19.3. The van der Waals surface area contributed by atoms with Gasteiger partial charge in [0.25, 0.3) is 0 Å². The molecule has 0 unspecified atom stereocenters. The molecule has 0 aliphatic carbocycles. The fourth-order valence-electron chi connectivity index (χ4n) is 2.64. The van der Waals surface area contributed by atoms with Crippen LogP contribution in [0.25, 0.3) is 11.3 Å². The Morgan fingerprint density at radius 1 is 0.806 bits per heavy atom. The summed E-state index contributed by atoms with van der Waals surface area (Å²) in [7, 11) is 0. The molecule has 0 spiro atoms. The molecule has 2 aromatic carbocycles. The Bertz CT molecular complexity index is 1180. The molecule has 0 saturated heterocycles. The molecule has 1 aromatic heterocycles. The Morgan fingerprint density at radius 2 is 1.39 bits per heavy atom. The van der Waals surface area contributed by atoms with Crippen molar-refractivity contribution in [2.45, 2.75) is 13.0 Å². The van der Waals surface area contributed by atoms with Crippen LogP contribution in [0.15, 0.2) is 36.5 Å². The summed E-state index contributed by atoms with van der Waals surface area (Å²) in [5, 5.41) is 0. The molecule has 0 N–H and O–H groups in total. The highest BCUT2D eigenvalue weighted by molar-refractivity contribution is 5.61. The summed E-state index contributed by atoms with van der Waals surface area (Å²) in [5.41, 5.74) is -2.75. The van der Waals surface area contributed by atoms with Crippen LogP contribution in [0, 0.1) is 46.7 Å². The van der Waals surface area contributed by atoms with Gasteiger partial charge >= 0.3 is 6.11 Å². The zero-order valence-corrected chi connectivity index (χ0v) is 15.3. The molecule has 0 aliphatic heterocycles. The predicted molar refractivity (Wildman–Crippen MR) is 92.9 cm³/mol. The van der Waals surface area contributed by atoms with Crippen LogP contribution < -0.4 is 4.74 Å². The molecule has 10 heteroatoms. The Morgan fingerprint density at radius 3 is 1.90 bits per heavy atom. The Labute approximate surface area is 170 Å². The van der Waals surface area contributed by atoms with Gasteiger partial charge in [-0.2, -0.15) is 8.78 Å². The van der Waals surface area contributed by atoms with Gasteiger partial charge < -0.3 is 4.74 Å². The van der Waals surface area contributed by atoms with Gasteiger partial charge in [0, 0.05) is 29.5 Å². The number of halogens is 8. The van der Waals surface area contributed by atoms with E-state index in [2.05, 4.69) is 21.6 Å². The number of ether oxygens (including phenoxy) is 1. The Balaban J connectivity index is 2.00. The van der Waals surface area contributed by atoms with E-state index in [9.17, 15) is 35.1 Å². The lowest BCUT2D eigenvalue weighted by Gasteiger charge is -2.20. The molecule has 3 aromatic rings. The molecule has 0 bridgehead atoms. The minimum absolute atomic E-state index is 0.0799. The molecule has 3 rings (SSSR count). The lowest BCUT2D eigenvalue weighted by atomic mass is 10.0. The topological polar surface area (TPSA) is 22.1 Å². The van der Waals surface area contributed by atoms with Gasteiger partial charge in [-0.25, -0.2) is 26.3 Å². The van der Waals surface area contributed by atoms with Crippen LogP contribution in [0.5, 0.6) is 5.75 Å². The number of hydrogen-bond donors (Lipinski definition) is 0. The number of alkyl halides is 2. The van der Waals surface area contributed by atoms with Crippen LogP contribution in [-0.2, 0) is 6.11 Å². The molecule has 0 aliphatic rings. The van der Waals surface area contributed by atoms with Gasteiger partial charge in [-0.05, 0) is 25.1 Å². The largest absolute Gasteiger partial charge is 0.432 e. The van der Waals surface area contributed by atoms with Gasteiger partial charge in [0.1, 0.15) is 28.6 Å². The molecule has 0 radical (unpaired) electrons. The lowest BCUT2D eigenvalue weighted by molar-refractivity contribution is -0.189. The second kappa shape index (κ2) is 8.26. The predicted octanol–water partition coefficient (Wildman–Crippen LogP) is 6.08. The van der Waals surface area contributed by atoms with Crippen molar-refractivity contribution in [3.63, 3.8) is 0 Å². The van der Waals surface area contributed by atoms with Crippen LogP contribution in [0.2, 0.25) is 0 Å². The maximum Gasteiger partial charge on any atom is 0.432 e. The first kappa shape index (κ1) is 22.1. The number of hydrogen-bond acceptors (Lipinski definition) is 2. The second-order valence-corrected chi connectivity index (χ2v) is 6.06. The van der Waals surface area contributed by atoms with Gasteiger partial charge in [-0.15, -0.1) is 5.92 Å². The summed E-state index contributed by atoms with van der Waals surface area (Å²) in [6.45, 7) is 1.49. The van der Waals surface area contributed by atoms with Crippen molar-refractivity contribution in [1.82, 2.24) is 4.98 Å². The third kappa shape index (κ3) is 4.45. The zero-order chi connectivity index (χ0) is 22.9. The lowest BCUT2D eigenvalue weighted by Crippen LogP contribution is -2.25. The quantitative estimate of drug-likeness (QED) is 0.277. The maximum atomic E-state index is 14.4. The molecule has 1 heterocycles. The first-order valence-corrected chi connectivity index (χ1v) is 8.33. The molecule has 2 nitrogen and oxygen atoms in total. The monoisotopic (exact) mass is 443 g/mol. The van der Waals surface area contributed by atoms with E-state index < -0.39 is 63.6 Å². The molecule has 0 amide bonds. The third-order valence-electron chi connectivity index (χ3n) is 3.92. The average molecular weight is 443 g/mol. The van der Waals surface area contributed by atoms with Crippen LogP contribution in [0.1, 0.15) is 18.1 Å². The minimum atomic E-state index is -4.75. The summed E-state index contributed by atoms with van der Waals surface area (Å²) in [4.78, 5) is 3.69. The van der Waals surface area contributed by atoms with Crippen LogP contribution in [0.3, 0.4) is 0 Å². The van der Waals surface area contributed by atoms with E-state index >= 15 is 0 Å². The van der Waals surface area contributed by atoms with Gasteiger partial charge in [0.2, 0.25) is 0 Å². The van der Waals surface area contributed by atoms with E-state index in [0.717, 1.165) is 12.3 Å². The Kier molecular flexibility index (Phi) is 5.88. The summed E-state index contributed by atoms with van der Waals surface area (Å²) in [5.74, 6) is -6.53. The maximum absolute atomic E-state index is 14.4. The van der Waals surface area contributed by atoms with Gasteiger partial charge in [0.05, 0.1) is 0 Å². The molecular weight excluding hydrogens is 434 g/mol. The molecule has 0 saturated carbocycles.